The Morgan fingerprint density at radius 1 is 1.47 bits per heavy atom. The number of aromatic nitrogens is 1. The van der Waals surface area contributed by atoms with Gasteiger partial charge >= 0.3 is 0 Å². The molecule has 3 N–H and O–H groups in total. The number of aryl methyl sites for hydroxylation is 1. The van der Waals surface area contributed by atoms with E-state index in [1.54, 1.807) is 11.3 Å². The molecule has 0 bridgehead atoms. The van der Waals surface area contributed by atoms with Crippen LogP contribution in [0.3, 0.4) is 0 Å². The second-order valence-electron chi connectivity index (χ2n) is 6.12. The van der Waals surface area contributed by atoms with Gasteiger partial charge in [-0.15, -0.1) is 11.3 Å². The summed E-state index contributed by atoms with van der Waals surface area (Å²) >= 11 is 1.55. The van der Waals surface area contributed by atoms with Gasteiger partial charge in [-0.2, -0.15) is 0 Å². The third kappa shape index (κ3) is 3.76. The van der Waals surface area contributed by atoms with Gasteiger partial charge < -0.3 is 11.1 Å². The van der Waals surface area contributed by atoms with Crippen LogP contribution in [0.4, 0.5) is 0 Å². The van der Waals surface area contributed by atoms with E-state index in [2.05, 4.69) is 10.3 Å². The number of hydrogen-bond donors (Lipinski definition) is 2. The van der Waals surface area contributed by atoms with Gasteiger partial charge in [-0.25, -0.2) is 4.98 Å². The van der Waals surface area contributed by atoms with Gasteiger partial charge in [0, 0.05) is 18.0 Å². The molecule has 5 heteroatoms. The lowest BCUT2D eigenvalue weighted by atomic mass is 10.1. The van der Waals surface area contributed by atoms with Crippen molar-refractivity contribution >= 4 is 17.2 Å². The third-order valence-corrected chi connectivity index (χ3v) is 4.75. The molecule has 0 aliphatic heterocycles. The molecule has 1 saturated carbocycles. The van der Waals surface area contributed by atoms with E-state index in [0.29, 0.717) is 12.5 Å². The molecule has 1 heterocycles. The van der Waals surface area contributed by atoms with E-state index in [9.17, 15) is 4.79 Å². The van der Waals surface area contributed by atoms with Crippen molar-refractivity contribution in [3.63, 3.8) is 0 Å². The van der Waals surface area contributed by atoms with Crippen LogP contribution in [0.5, 0.6) is 0 Å². The minimum atomic E-state index is -0.386. The number of carbonyl (C=O) groups excluding carboxylic acids is 1. The molecule has 2 rings (SSSR count). The maximum Gasteiger partial charge on any atom is 0.263 e. The largest absolute Gasteiger partial charge is 0.349 e. The summed E-state index contributed by atoms with van der Waals surface area (Å²) in [5.74, 6) is 0.522. The lowest BCUT2D eigenvalue weighted by molar-refractivity contribution is 0.0949. The number of nitrogens with zero attached hydrogens (tertiary/aromatic N) is 1. The van der Waals surface area contributed by atoms with Crippen LogP contribution in [0.2, 0.25) is 0 Å². The van der Waals surface area contributed by atoms with Gasteiger partial charge in [0.25, 0.3) is 5.91 Å². The highest BCUT2D eigenvalue weighted by molar-refractivity contribution is 7.13. The molecule has 1 aliphatic carbocycles. The monoisotopic (exact) mass is 281 g/mol. The summed E-state index contributed by atoms with van der Waals surface area (Å²) in [6.45, 7) is 6.19. The average Bonchev–Trinajstić information content (AvgIpc) is 2.93. The van der Waals surface area contributed by atoms with Crippen LogP contribution in [-0.4, -0.2) is 23.0 Å². The Labute approximate surface area is 118 Å². The van der Waals surface area contributed by atoms with Crippen molar-refractivity contribution in [3.8, 4) is 0 Å². The number of nitrogens with two attached hydrogens (primary N) is 1. The number of rotatable bonds is 4. The molecule has 4 nitrogen and oxygen atoms in total. The maximum absolute atomic E-state index is 12.1. The average molecular weight is 281 g/mol. The summed E-state index contributed by atoms with van der Waals surface area (Å²) in [6.07, 6.45) is 4.99. The molecule has 1 fully saturated rings. The van der Waals surface area contributed by atoms with Gasteiger partial charge in [0.1, 0.15) is 4.88 Å². The second-order valence-corrected chi connectivity index (χ2v) is 7.15. The molecule has 1 aromatic rings. The Bertz CT molecular complexity index is 456. The molecule has 0 saturated heterocycles. The number of hydrogen-bond acceptors (Lipinski definition) is 4. The highest BCUT2D eigenvalue weighted by Crippen LogP contribution is 2.37. The lowest BCUT2D eigenvalue weighted by Crippen LogP contribution is -2.45. The Kier molecular flexibility index (Phi) is 4.26. The highest BCUT2D eigenvalue weighted by Gasteiger charge is 2.24. The molecule has 0 unspecified atom stereocenters. The van der Waals surface area contributed by atoms with Gasteiger partial charge in [0.15, 0.2) is 0 Å². The summed E-state index contributed by atoms with van der Waals surface area (Å²) in [6, 6.07) is 0. The summed E-state index contributed by atoms with van der Waals surface area (Å²) < 4.78 is 0. The van der Waals surface area contributed by atoms with E-state index in [0.717, 1.165) is 15.6 Å². The van der Waals surface area contributed by atoms with E-state index < -0.39 is 0 Å². The molecule has 19 heavy (non-hydrogen) atoms. The molecule has 1 aromatic heterocycles. The van der Waals surface area contributed by atoms with Crippen LogP contribution >= 0.6 is 11.3 Å². The van der Waals surface area contributed by atoms with Crippen LogP contribution in [0.25, 0.3) is 0 Å². The first-order valence-corrected chi connectivity index (χ1v) is 7.73. The zero-order valence-corrected chi connectivity index (χ0v) is 12.8. The van der Waals surface area contributed by atoms with Crippen molar-refractivity contribution in [2.75, 3.05) is 6.54 Å². The molecule has 1 aliphatic rings. The van der Waals surface area contributed by atoms with Gasteiger partial charge in [0.05, 0.1) is 10.7 Å². The van der Waals surface area contributed by atoms with E-state index in [1.807, 2.05) is 20.8 Å². The quantitative estimate of drug-likeness (QED) is 0.891. The Hall–Kier alpha value is -0.940. The summed E-state index contributed by atoms with van der Waals surface area (Å²) in [4.78, 5) is 17.5. The molecule has 0 spiro atoms. The summed E-state index contributed by atoms with van der Waals surface area (Å²) in [7, 11) is 0. The number of nitrogens with one attached hydrogen (secondary N) is 1. The fourth-order valence-corrected chi connectivity index (χ4v) is 3.52. The van der Waals surface area contributed by atoms with Crippen molar-refractivity contribution in [3.05, 3.63) is 15.6 Å². The normalized spacial score (nSPS) is 16.8. The Morgan fingerprint density at radius 2 is 2.11 bits per heavy atom. The fourth-order valence-electron chi connectivity index (χ4n) is 2.36. The molecular weight excluding hydrogens is 258 g/mol. The highest BCUT2D eigenvalue weighted by atomic mass is 32.1. The van der Waals surface area contributed by atoms with Gasteiger partial charge in [0.2, 0.25) is 0 Å². The van der Waals surface area contributed by atoms with E-state index in [-0.39, 0.29) is 11.4 Å². The predicted octanol–water partition coefficient (Wildman–Crippen LogP) is 2.58. The molecule has 0 radical (unpaired) electrons. The van der Waals surface area contributed by atoms with Gasteiger partial charge in [-0.1, -0.05) is 12.8 Å². The van der Waals surface area contributed by atoms with Crippen LogP contribution in [0.15, 0.2) is 0 Å². The van der Waals surface area contributed by atoms with Crippen LogP contribution in [0, 0.1) is 6.92 Å². The van der Waals surface area contributed by atoms with Crippen LogP contribution in [0.1, 0.15) is 65.8 Å². The maximum atomic E-state index is 12.1. The molecular formula is C14H23N3OS. The van der Waals surface area contributed by atoms with Crippen molar-refractivity contribution in [1.29, 1.82) is 0 Å². The first-order chi connectivity index (χ1) is 8.87. The lowest BCUT2D eigenvalue weighted by Gasteiger charge is -2.18. The van der Waals surface area contributed by atoms with E-state index in [1.165, 1.54) is 25.7 Å². The third-order valence-electron chi connectivity index (χ3n) is 3.43. The minimum Gasteiger partial charge on any atom is -0.349 e. The van der Waals surface area contributed by atoms with Crippen molar-refractivity contribution in [2.45, 2.75) is 57.9 Å². The van der Waals surface area contributed by atoms with E-state index >= 15 is 0 Å². The van der Waals surface area contributed by atoms with Crippen LogP contribution < -0.4 is 11.1 Å². The van der Waals surface area contributed by atoms with Crippen molar-refractivity contribution in [1.82, 2.24) is 10.3 Å². The van der Waals surface area contributed by atoms with Crippen molar-refractivity contribution < 1.29 is 4.79 Å². The zero-order valence-electron chi connectivity index (χ0n) is 12.0. The van der Waals surface area contributed by atoms with Gasteiger partial charge in [-0.3, -0.25) is 4.79 Å². The summed E-state index contributed by atoms with van der Waals surface area (Å²) in [5.41, 5.74) is 6.34. The number of thiazole rings is 1. The predicted molar refractivity (Wildman–Crippen MR) is 78.7 cm³/mol. The SMILES string of the molecule is Cc1nc(C2CCCC2)sc1C(=O)NCC(C)(C)N. The fraction of sp³-hybridized carbons (Fsp3) is 0.714. The Morgan fingerprint density at radius 3 is 2.68 bits per heavy atom. The molecule has 0 atom stereocenters. The first-order valence-electron chi connectivity index (χ1n) is 6.91. The second kappa shape index (κ2) is 5.59. The van der Waals surface area contributed by atoms with Crippen molar-refractivity contribution in [2.24, 2.45) is 5.73 Å². The Balaban J connectivity index is 2.05. The van der Waals surface area contributed by atoms with Crippen LogP contribution in [-0.2, 0) is 0 Å². The number of amides is 1. The standard InChI is InChI=1S/C14H23N3OS/c1-9-11(12(18)16-8-14(2,3)15)19-13(17-9)10-6-4-5-7-10/h10H,4-8,15H2,1-3H3,(H,16,18). The molecule has 0 aromatic carbocycles. The minimum absolute atomic E-state index is 0.0437. The smallest absolute Gasteiger partial charge is 0.263 e. The van der Waals surface area contributed by atoms with Gasteiger partial charge in [-0.05, 0) is 33.6 Å². The summed E-state index contributed by atoms with van der Waals surface area (Å²) in [5, 5.41) is 4.02. The first kappa shape index (κ1) is 14.5. The van der Waals surface area contributed by atoms with E-state index in [4.69, 9.17) is 5.73 Å². The zero-order chi connectivity index (χ0) is 14.0. The number of carbonyl (C=O) groups is 1. The topological polar surface area (TPSA) is 68.0 Å². The molecule has 1 amide bonds. The molecule has 106 valence electrons.